The van der Waals surface area contributed by atoms with Crippen molar-refractivity contribution in [1.82, 2.24) is 4.90 Å². The van der Waals surface area contributed by atoms with E-state index in [9.17, 15) is 4.79 Å². The van der Waals surface area contributed by atoms with Gasteiger partial charge in [0.05, 0.1) is 0 Å². The third kappa shape index (κ3) is 4.70. The zero-order valence-corrected chi connectivity index (χ0v) is 16.7. The van der Waals surface area contributed by atoms with E-state index in [1.54, 1.807) is 0 Å². The van der Waals surface area contributed by atoms with Crippen molar-refractivity contribution in [3.05, 3.63) is 66.2 Å². The smallest absolute Gasteiger partial charge is 0.242 e. The van der Waals surface area contributed by atoms with Gasteiger partial charge in [-0.3, -0.25) is 9.69 Å². The van der Waals surface area contributed by atoms with E-state index in [0.29, 0.717) is 0 Å². The summed E-state index contributed by atoms with van der Waals surface area (Å²) >= 11 is 6.55. The molecule has 1 aliphatic rings. The highest BCUT2D eigenvalue weighted by Gasteiger charge is 2.41. The summed E-state index contributed by atoms with van der Waals surface area (Å²) in [4.78, 5) is 14.8. The number of carbonyl (C=O) groups excluding carboxylic acids is 1. The predicted octanol–water partition coefficient (Wildman–Crippen LogP) is 4.06. The molecule has 1 unspecified atom stereocenters. The van der Waals surface area contributed by atoms with Crippen molar-refractivity contribution in [2.24, 2.45) is 5.92 Å². The molecule has 4 nitrogen and oxygen atoms in total. The van der Waals surface area contributed by atoms with E-state index in [2.05, 4.69) is 54.6 Å². The number of amides is 1. The SMILES string of the molecule is CN(C)C1(c2ccccc2)CCC(C(Cl)C(=O)Nc2ccccc2)CC1.O. The van der Waals surface area contributed by atoms with Crippen molar-refractivity contribution in [3.8, 4) is 0 Å². The molecular weight excluding hydrogens is 360 g/mol. The van der Waals surface area contributed by atoms with Crippen LogP contribution in [0.4, 0.5) is 5.69 Å². The molecule has 0 saturated heterocycles. The molecule has 0 aromatic heterocycles. The molecule has 0 bridgehead atoms. The number of carbonyl (C=O) groups is 1. The summed E-state index contributed by atoms with van der Waals surface area (Å²) in [7, 11) is 4.29. The Labute approximate surface area is 166 Å². The first-order valence-corrected chi connectivity index (χ1v) is 9.69. The first-order valence-electron chi connectivity index (χ1n) is 9.26. The molecular formula is C22H29ClN2O2. The maximum atomic E-state index is 12.5. The van der Waals surface area contributed by atoms with Crippen LogP contribution in [0.5, 0.6) is 0 Å². The lowest BCUT2D eigenvalue weighted by Gasteiger charge is -2.46. The second-order valence-corrected chi connectivity index (χ2v) is 7.86. The Morgan fingerprint density at radius 2 is 1.56 bits per heavy atom. The van der Waals surface area contributed by atoms with E-state index < -0.39 is 5.38 Å². The molecule has 0 radical (unpaired) electrons. The molecule has 146 valence electrons. The summed E-state index contributed by atoms with van der Waals surface area (Å²) in [6.07, 6.45) is 3.92. The highest BCUT2D eigenvalue weighted by molar-refractivity contribution is 6.32. The molecule has 1 fully saturated rings. The third-order valence-corrected chi connectivity index (χ3v) is 6.28. The molecule has 3 rings (SSSR count). The number of hydrogen-bond acceptors (Lipinski definition) is 2. The van der Waals surface area contributed by atoms with E-state index >= 15 is 0 Å². The van der Waals surface area contributed by atoms with Gasteiger partial charge in [0.15, 0.2) is 0 Å². The standard InChI is InChI=1S/C22H27ClN2O.H2O/c1-25(2)22(18-9-5-3-6-10-18)15-13-17(14-16-22)20(23)21(26)24-19-11-7-4-8-12-19;/h3-12,17,20H,13-16H2,1-2H3,(H,24,26);1H2. The summed E-state index contributed by atoms with van der Waals surface area (Å²) in [5, 5.41) is 2.44. The highest BCUT2D eigenvalue weighted by Crippen LogP contribution is 2.44. The molecule has 27 heavy (non-hydrogen) atoms. The lowest BCUT2D eigenvalue weighted by molar-refractivity contribution is -0.117. The Hall–Kier alpha value is -1.88. The molecule has 0 spiro atoms. The van der Waals surface area contributed by atoms with E-state index in [0.717, 1.165) is 31.4 Å². The van der Waals surface area contributed by atoms with Crippen LogP contribution in [0.3, 0.4) is 0 Å². The summed E-state index contributed by atoms with van der Waals surface area (Å²) < 4.78 is 0. The Kier molecular flexibility index (Phi) is 7.42. The quantitative estimate of drug-likeness (QED) is 0.785. The Bertz CT molecular complexity index is 714. The minimum absolute atomic E-state index is 0. The zero-order chi connectivity index (χ0) is 18.6. The number of alkyl halides is 1. The van der Waals surface area contributed by atoms with E-state index in [4.69, 9.17) is 11.6 Å². The number of rotatable bonds is 5. The fraction of sp³-hybridized carbons (Fsp3) is 0.409. The average molecular weight is 389 g/mol. The third-order valence-electron chi connectivity index (χ3n) is 5.73. The van der Waals surface area contributed by atoms with Crippen LogP contribution < -0.4 is 5.32 Å². The van der Waals surface area contributed by atoms with Gasteiger partial charge >= 0.3 is 0 Å². The second-order valence-electron chi connectivity index (χ2n) is 7.39. The van der Waals surface area contributed by atoms with Crippen molar-refractivity contribution in [1.29, 1.82) is 0 Å². The molecule has 1 atom stereocenters. The molecule has 2 aromatic carbocycles. The van der Waals surface area contributed by atoms with Crippen LogP contribution >= 0.6 is 11.6 Å². The second kappa shape index (κ2) is 9.36. The molecule has 5 heteroatoms. The van der Waals surface area contributed by atoms with Crippen LogP contribution in [-0.4, -0.2) is 35.8 Å². The zero-order valence-electron chi connectivity index (χ0n) is 16.0. The molecule has 0 aliphatic heterocycles. The van der Waals surface area contributed by atoms with Crippen LogP contribution in [0.15, 0.2) is 60.7 Å². The maximum absolute atomic E-state index is 12.5. The minimum atomic E-state index is -0.494. The van der Waals surface area contributed by atoms with Crippen molar-refractivity contribution in [2.45, 2.75) is 36.6 Å². The van der Waals surface area contributed by atoms with Gasteiger partial charge in [-0.1, -0.05) is 48.5 Å². The highest BCUT2D eigenvalue weighted by atomic mass is 35.5. The van der Waals surface area contributed by atoms with Crippen LogP contribution in [0.1, 0.15) is 31.2 Å². The number of nitrogens with one attached hydrogen (secondary N) is 1. The topological polar surface area (TPSA) is 63.8 Å². The fourth-order valence-corrected chi connectivity index (χ4v) is 4.41. The predicted molar refractivity (Wildman–Crippen MR) is 112 cm³/mol. The van der Waals surface area contributed by atoms with Crippen LogP contribution in [0.25, 0.3) is 0 Å². The van der Waals surface area contributed by atoms with Gasteiger partial charge in [-0.15, -0.1) is 11.6 Å². The van der Waals surface area contributed by atoms with Crippen LogP contribution in [0.2, 0.25) is 0 Å². The molecule has 1 amide bonds. The number of nitrogens with zero attached hydrogens (tertiary/aromatic N) is 1. The normalized spacial score (nSPS) is 23.3. The van der Waals surface area contributed by atoms with Gasteiger partial charge in [0.25, 0.3) is 0 Å². The lowest BCUT2D eigenvalue weighted by atomic mass is 9.71. The van der Waals surface area contributed by atoms with Gasteiger partial charge < -0.3 is 10.8 Å². The summed E-state index contributed by atoms with van der Waals surface area (Å²) in [5.41, 5.74) is 2.18. The van der Waals surface area contributed by atoms with Gasteiger partial charge in [-0.05, 0) is 63.4 Å². The van der Waals surface area contributed by atoms with Crippen molar-refractivity contribution < 1.29 is 10.3 Å². The Morgan fingerprint density at radius 3 is 2.07 bits per heavy atom. The van der Waals surface area contributed by atoms with Gasteiger partial charge in [-0.2, -0.15) is 0 Å². The van der Waals surface area contributed by atoms with Gasteiger partial charge in [0.2, 0.25) is 5.91 Å². The van der Waals surface area contributed by atoms with Crippen molar-refractivity contribution in [3.63, 3.8) is 0 Å². The first kappa shape index (κ1) is 21.4. The van der Waals surface area contributed by atoms with Crippen molar-refractivity contribution in [2.75, 3.05) is 19.4 Å². The largest absolute Gasteiger partial charge is 0.412 e. The van der Waals surface area contributed by atoms with Crippen LogP contribution in [-0.2, 0) is 10.3 Å². The number of anilines is 1. The van der Waals surface area contributed by atoms with Crippen LogP contribution in [0, 0.1) is 5.92 Å². The first-order chi connectivity index (χ1) is 12.5. The number of benzene rings is 2. The molecule has 1 saturated carbocycles. The lowest BCUT2D eigenvalue weighted by Crippen LogP contribution is -2.46. The molecule has 1 aliphatic carbocycles. The number of para-hydroxylation sites is 1. The number of halogens is 1. The number of hydrogen-bond donors (Lipinski definition) is 1. The average Bonchev–Trinajstić information content (AvgIpc) is 2.68. The minimum Gasteiger partial charge on any atom is -0.412 e. The molecule has 2 aromatic rings. The van der Waals surface area contributed by atoms with Crippen molar-refractivity contribution >= 4 is 23.2 Å². The van der Waals surface area contributed by atoms with Gasteiger partial charge in [-0.25, -0.2) is 0 Å². The monoisotopic (exact) mass is 388 g/mol. The summed E-state index contributed by atoms with van der Waals surface area (Å²) in [6.45, 7) is 0. The maximum Gasteiger partial charge on any atom is 0.242 e. The Balaban J connectivity index is 0.00000261. The summed E-state index contributed by atoms with van der Waals surface area (Å²) in [5.74, 6) is 0.108. The van der Waals surface area contributed by atoms with Gasteiger partial charge in [0.1, 0.15) is 5.38 Å². The fourth-order valence-electron chi connectivity index (χ4n) is 4.10. The molecule has 3 N–H and O–H groups in total. The molecule has 0 heterocycles. The van der Waals surface area contributed by atoms with E-state index in [1.165, 1.54) is 5.56 Å². The van der Waals surface area contributed by atoms with E-state index in [-0.39, 0.29) is 22.8 Å². The van der Waals surface area contributed by atoms with Gasteiger partial charge in [0, 0.05) is 11.2 Å². The Morgan fingerprint density at radius 1 is 1.04 bits per heavy atom. The van der Waals surface area contributed by atoms with E-state index in [1.807, 2.05) is 30.3 Å². The summed E-state index contributed by atoms with van der Waals surface area (Å²) in [6, 6.07) is 20.2.